The van der Waals surface area contributed by atoms with Crippen LogP contribution >= 0.6 is 11.6 Å². The Morgan fingerprint density at radius 1 is 1.38 bits per heavy atom. The predicted octanol–water partition coefficient (Wildman–Crippen LogP) is 0.564. The van der Waals surface area contributed by atoms with Crippen molar-refractivity contribution in [1.29, 1.82) is 0 Å². The fourth-order valence-corrected chi connectivity index (χ4v) is 0.814. The lowest BCUT2D eigenvalue weighted by atomic mass is 10.2. The summed E-state index contributed by atoms with van der Waals surface area (Å²) in [5.41, 5.74) is 4.91. The van der Waals surface area contributed by atoms with Gasteiger partial charge in [0, 0.05) is 13.0 Å². The Kier molecular flexibility index (Phi) is 7.10. The molecule has 5 nitrogen and oxygen atoms in total. The van der Waals surface area contributed by atoms with Crippen molar-refractivity contribution < 1.29 is 14.3 Å². The molecule has 0 atom stereocenters. The van der Waals surface area contributed by atoms with E-state index in [1.165, 1.54) is 0 Å². The number of amides is 2. The first kappa shape index (κ1) is 12.0. The maximum Gasteiger partial charge on any atom is 0.408 e. The van der Waals surface area contributed by atoms with Crippen LogP contribution < -0.4 is 11.1 Å². The van der Waals surface area contributed by atoms with Crippen molar-refractivity contribution >= 4 is 23.6 Å². The molecule has 0 aromatic carbocycles. The molecule has 0 spiro atoms. The quantitative estimate of drug-likeness (QED) is 0.495. The number of halogens is 1. The van der Waals surface area contributed by atoms with Gasteiger partial charge in [0.1, 0.15) is 0 Å². The highest BCUT2D eigenvalue weighted by Crippen LogP contribution is 1.92. The Morgan fingerprint density at radius 2 is 2.08 bits per heavy atom. The molecule has 0 radical (unpaired) electrons. The van der Waals surface area contributed by atoms with E-state index in [0.29, 0.717) is 25.8 Å². The van der Waals surface area contributed by atoms with Gasteiger partial charge in [-0.25, -0.2) is 4.79 Å². The van der Waals surface area contributed by atoms with Crippen molar-refractivity contribution in [2.45, 2.75) is 19.3 Å². The number of primary amides is 1. The summed E-state index contributed by atoms with van der Waals surface area (Å²) >= 11 is 5.13. The van der Waals surface area contributed by atoms with Gasteiger partial charge in [0.2, 0.25) is 5.91 Å². The largest absolute Gasteiger partial charge is 0.433 e. The first-order valence-electron chi connectivity index (χ1n) is 3.91. The SMILES string of the molecule is NC(=O)CCCCNC(=O)OCCl. The van der Waals surface area contributed by atoms with Crippen molar-refractivity contribution in [2.24, 2.45) is 5.73 Å². The van der Waals surface area contributed by atoms with E-state index >= 15 is 0 Å². The molecule has 76 valence electrons. The van der Waals surface area contributed by atoms with Crippen LogP contribution in [-0.2, 0) is 9.53 Å². The molecular weight excluding hydrogens is 196 g/mol. The number of carbonyl (C=O) groups excluding carboxylic acids is 2. The number of unbranched alkanes of at least 4 members (excludes halogenated alkanes) is 1. The number of hydrogen-bond donors (Lipinski definition) is 2. The van der Waals surface area contributed by atoms with E-state index in [4.69, 9.17) is 17.3 Å². The van der Waals surface area contributed by atoms with Crippen LogP contribution in [0.5, 0.6) is 0 Å². The highest BCUT2D eigenvalue weighted by atomic mass is 35.5. The van der Waals surface area contributed by atoms with Crippen LogP contribution in [0.4, 0.5) is 4.79 Å². The molecule has 0 saturated heterocycles. The van der Waals surface area contributed by atoms with E-state index in [0.717, 1.165) is 0 Å². The molecule has 2 amide bonds. The minimum atomic E-state index is -0.547. The van der Waals surface area contributed by atoms with Crippen LogP contribution in [0.2, 0.25) is 0 Å². The van der Waals surface area contributed by atoms with Crippen LogP contribution in [-0.4, -0.2) is 24.6 Å². The van der Waals surface area contributed by atoms with E-state index in [1.807, 2.05) is 0 Å². The molecule has 0 heterocycles. The van der Waals surface area contributed by atoms with E-state index in [-0.39, 0.29) is 12.0 Å². The van der Waals surface area contributed by atoms with E-state index in [9.17, 15) is 9.59 Å². The van der Waals surface area contributed by atoms with Crippen molar-refractivity contribution in [3.05, 3.63) is 0 Å². The Labute approximate surface area is 81.6 Å². The van der Waals surface area contributed by atoms with E-state index in [2.05, 4.69) is 10.1 Å². The van der Waals surface area contributed by atoms with Gasteiger partial charge in [0.25, 0.3) is 0 Å². The normalized spacial score (nSPS) is 9.31. The lowest BCUT2D eigenvalue weighted by Crippen LogP contribution is -2.25. The predicted molar refractivity (Wildman–Crippen MR) is 48.2 cm³/mol. The average molecular weight is 209 g/mol. The van der Waals surface area contributed by atoms with Gasteiger partial charge in [0.05, 0.1) is 0 Å². The fraction of sp³-hybridized carbons (Fsp3) is 0.714. The monoisotopic (exact) mass is 208 g/mol. The van der Waals surface area contributed by atoms with Gasteiger partial charge in [-0.15, -0.1) is 0 Å². The number of alkyl carbamates (subject to hydrolysis) is 1. The molecular formula is C7H13ClN2O3. The zero-order valence-electron chi connectivity index (χ0n) is 7.22. The zero-order chi connectivity index (χ0) is 10.1. The minimum Gasteiger partial charge on any atom is -0.433 e. The van der Waals surface area contributed by atoms with Crippen LogP contribution in [0, 0.1) is 0 Å². The number of ether oxygens (including phenoxy) is 1. The third-order valence-electron chi connectivity index (χ3n) is 1.30. The third-order valence-corrected chi connectivity index (χ3v) is 1.41. The molecule has 0 aliphatic heterocycles. The molecule has 0 bridgehead atoms. The standard InChI is InChI=1S/C7H13ClN2O3/c8-5-13-7(12)10-4-2-1-3-6(9)11/h1-5H2,(H2,9,11)(H,10,12). The number of hydrogen-bond acceptors (Lipinski definition) is 3. The second-order valence-corrected chi connectivity index (χ2v) is 2.61. The Morgan fingerprint density at radius 3 is 2.62 bits per heavy atom. The Balaban J connectivity index is 3.16. The first-order chi connectivity index (χ1) is 6.16. The molecule has 0 aliphatic carbocycles. The number of carbonyl (C=O) groups is 2. The van der Waals surface area contributed by atoms with Gasteiger partial charge >= 0.3 is 6.09 Å². The first-order valence-corrected chi connectivity index (χ1v) is 4.45. The highest BCUT2D eigenvalue weighted by Gasteiger charge is 1.99. The highest BCUT2D eigenvalue weighted by molar-refractivity contribution is 6.17. The molecule has 0 aromatic rings. The average Bonchev–Trinajstić information content (AvgIpc) is 2.03. The van der Waals surface area contributed by atoms with Crippen LogP contribution in [0.3, 0.4) is 0 Å². The second kappa shape index (κ2) is 7.67. The summed E-state index contributed by atoms with van der Waals surface area (Å²) in [6.07, 6.45) is 1.15. The van der Waals surface area contributed by atoms with Crippen molar-refractivity contribution in [3.8, 4) is 0 Å². The van der Waals surface area contributed by atoms with Crippen molar-refractivity contribution in [3.63, 3.8) is 0 Å². The third kappa shape index (κ3) is 8.94. The molecule has 0 unspecified atom stereocenters. The summed E-state index contributed by atoms with van der Waals surface area (Å²) < 4.78 is 4.39. The molecule has 13 heavy (non-hydrogen) atoms. The summed E-state index contributed by atoms with van der Waals surface area (Å²) in [4.78, 5) is 20.9. The van der Waals surface area contributed by atoms with Crippen LogP contribution in [0.1, 0.15) is 19.3 Å². The molecule has 3 N–H and O–H groups in total. The van der Waals surface area contributed by atoms with E-state index < -0.39 is 6.09 Å². The Hall–Kier alpha value is -0.970. The van der Waals surface area contributed by atoms with Crippen molar-refractivity contribution in [1.82, 2.24) is 5.32 Å². The summed E-state index contributed by atoms with van der Waals surface area (Å²) in [6, 6.07) is -0.160. The molecule has 0 saturated carbocycles. The van der Waals surface area contributed by atoms with E-state index in [1.54, 1.807) is 0 Å². The van der Waals surface area contributed by atoms with Crippen LogP contribution in [0.25, 0.3) is 0 Å². The van der Waals surface area contributed by atoms with Gasteiger partial charge in [-0.3, -0.25) is 4.79 Å². The maximum atomic E-state index is 10.6. The van der Waals surface area contributed by atoms with Gasteiger partial charge in [-0.2, -0.15) is 0 Å². The zero-order valence-corrected chi connectivity index (χ0v) is 7.97. The van der Waals surface area contributed by atoms with Gasteiger partial charge < -0.3 is 15.8 Å². The van der Waals surface area contributed by atoms with Crippen molar-refractivity contribution in [2.75, 3.05) is 12.6 Å². The molecule has 0 fully saturated rings. The summed E-state index contributed by atoms with van der Waals surface area (Å²) in [5, 5.41) is 2.46. The second-order valence-electron chi connectivity index (χ2n) is 2.39. The topological polar surface area (TPSA) is 81.4 Å². The van der Waals surface area contributed by atoms with Crippen LogP contribution in [0.15, 0.2) is 0 Å². The lowest BCUT2D eigenvalue weighted by molar-refractivity contribution is -0.118. The maximum absolute atomic E-state index is 10.6. The summed E-state index contributed by atoms with van der Waals surface area (Å²) in [7, 11) is 0. The minimum absolute atomic E-state index is 0.160. The lowest BCUT2D eigenvalue weighted by Gasteiger charge is -2.02. The summed E-state index contributed by atoms with van der Waals surface area (Å²) in [6.45, 7) is 0.461. The fourth-order valence-electron chi connectivity index (χ4n) is 0.715. The number of rotatable bonds is 6. The van der Waals surface area contributed by atoms with Gasteiger partial charge in [-0.05, 0) is 12.8 Å². The smallest absolute Gasteiger partial charge is 0.408 e. The Bertz CT molecular complexity index is 175. The number of alkyl halides is 1. The van der Waals surface area contributed by atoms with Gasteiger partial charge in [0.15, 0.2) is 6.07 Å². The number of nitrogens with two attached hydrogens (primary N) is 1. The molecule has 0 aromatic heterocycles. The molecule has 6 heteroatoms. The number of nitrogens with one attached hydrogen (secondary N) is 1. The summed E-state index contributed by atoms with van der Waals surface area (Å²) in [5.74, 6) is -0.330. The molecule has 0 aliphatic rings. The van der Waals surface area contributed by atoms with Gasteiger partial charge in [-0.1, -0.05) is 11.6 Å². The molecule has 0 rings (SSSR count).